The maximum Gasteiger partial charge on any atom is 0.330 e. The van der Waals surface area contributed by atoms with Crippen molar-refractivity contribution in [2.24, 2.45) is 0 Å². The first-order chi connectivity index (χ1) is 8.97. The molecule has 0 aliphatic rings. The summed E-state index contributed by atoms with van der Waals surface area (Å²) in [6, 6.07) is 7.30. The van der Waals surface area contributed by atoms with Gasteiger partial charge in [-0.2, -0.15) is 0 Å². The third-order valence-electron chi connectivity index (χ3n) is 2.87. The summed E-state index contributed by atoms with van der Waals surface area (Å²) in [5, 5.41) is 11.8. The second-order valence-electron chi connectivity index (χ2n) is 4.51. The monoisotopic (exact) mass is 264 g/mol. The standard InChI is InChI=1S/C14H20N2O3/c1-4-16(10(2)3)14(19)15-12(13(17)18)11-8-6-5-7-9-11/h5-10,12H,4H2,1-3H3,(H,15,19)(H,17,18)/t12-/m0/s1. The Hall–Kier alpha value is -2.04. The maximum atomic E-state index is 12.1. The normalized spacial score (nSPS) is 12.0. The number of nitrogens with zero attached hydrogens (tertiary/aromatic N) is 1. The highest BCUT2D eigenvalue weighted by Gasteiger charge is 2.24. The highest BCUT2D eigenvalue weighted by atomic mass is 16.4. The van der Waals surface area contributed by atoms with Gasteiger partial charge in [-0.25, -0.2) is 9.59 Å². The summed E-state index contributed by atoms with van der Waals surface area (Å²) in [5.41, 5.74) is 0.558. The predicted molar refractivity (Wildman–Crippen MR) is 72.9 cm³/mol. The number of nitrogens with one attached hydrogen (secondary N) is 1. The zero-order valence-electron chi connectivity index (χ0n) is 11.5. The third-order valence-corrected chi connectivity index (χ3v) is 2.87. The highest BCUT2D eigenvalue weighted by Crippen LogP contribution is 2.13. The van der Waals surface area contributed by atoms with E-state index < -0.39 is 12.0 Å². The Bertz CT molecular complexity index is 432. The fraction of sp³-hybridized carbons (Fsp3) is 0.429. The third kappa shape index (κ3) is 3.98. The summed E-state index contributed by atoms with van der Waals surface area (Å²) in [4.78, 5) is 24.9. The van der Waals surface area contributed by atoms with Crippen LogP contribution in [0.2, 0.25) is 0 Å². The Balaban J connectivity index is 2.86. The van der Waals surface area contributed by atoms with Crippen molar-refractivity contribution >= 4 is 12.0 Å². The lowest BCUT2D eigenvalue weighted by Crippen LogP contribution is -2.46. The van der Waals surface area contributed by atoms with Gasteiger partial charge in [0.2, 0.25) is 0 Å². The van der Waals surface area contributed by atoms with Crippen molar-refractivity contribution in [2.45, 2.75) is 32.9 Å². The minimum Gasteiger partial charge on any atom is -0.479 e. The van der Waals surface area contributed by atoms with Crippen molar-refractivity contribution in [3.8, 4) is 0 Å². The second kappa shape index (κ2) is 6.78. The zero-order valence-corrected chi connectivity index (χ0v) is 11.5. The molecule has 5 heteroatoms. The van der Waals surface area contributed by atoms with E-state index >= 15 is 0 Å². The molecule has 0 saturated heterocycles. The average Bonchev–Trinajstić information content (AvgIpc) is 2.37. The molecular formula is C14H20N2O3. The fourth-order valence-electron chi connectivity index (χ4n) is 1.88. The lowest BCUT2D eigenvalue weighted by Gasteiger charge is -2.27. The Morgan fingerprint density at radius 3 is 2.26 bits per heavy atom. The van der Waals surface area contributed by atoms with E-state index in [2.05, 4.69) is 5.32 Å². The fourth-order valence-corrected chi connectivity index (χ4v) is 1.88. The molecular weight excluding hydrogens is 244 g/mol. The lowest BCUT2D eigenvalue weighted by molar-refractivity contribution is -0.139. The van der Waals surface area contributed by atoms with E-state index in [4.69, 9.17) is 0 Å². The van der Waals surface area contributed by atoms with Gasteiger partial charge < -0.3 is 15.3 Å². The van der Waals surface area contributed by atoms with E-state index in [-0.39, 0.29) is 12.1 Å². The molecule has 1 aromatic carbocycles. The summed E-state index contributed by atoms with van der Waals surface area (Å²) >= 11 is 0. The molecule has 0 bridgehead atoms. The van der Waals surface area contributed by atoms with Crippen LogP contribution in [0.1, 0.15) is 32.4 Å². The van der Waals surface area contributed by atoms with Gasteiger partial charge in [0.05, 0.1) is 0 Å². The number of aliphatic carboxylic acids is 1. The van der Waals surface area contributed by atoms with Crippen molar-refractivity contribution in [1.82, 2.24) is 10.2 Å². The molecule has 0 saturated carbocycles. The van der Waals surface area contributed by atoms with Gasteiger partial charge in [0.1, 0.15) is 0 Å². The van der Waals surface area contributed by atoms with Crippen molar-refractivity contribution in [3.05, 3.63) is 35.9 Å². The first-order valence-corrected chi connectivity index (χ1v) is 6.32. The van der Waals surface area contributed by atoms with E-state index in [0.29, 0.717) is 12.1 Å². The van der Waals surface area contributed by atoms with Gasteiger partial charge in [0, 0.05) is 12.6 Å². The number of rotatable bonds is 5. The minimum atomic E-state index is -1.07. The molecule has 0 aromatic heterocycles. The highest BCUT2D eigenvalue weighted by molar-refractivity contribution is 5.83. The van der Waals surface area contributed by atoms with E-state index in [0.717, 1.165) is 0 Å². The van der Waals surface area contributed by atoms with Gasteiger partial charge >= 0.3 is 12.0 Å². The number of carboxylic acids is 1. The molecule has 0 heterocycles. The molecule has 104 valence electrons. The summed E-state index contributed by atoms with van der Waals surface area (Å²) < 4.78 is 0. The van der Waals surface area contributed by atoms with Crippen LogP contribution < -0.4 is 5.32 Å². The first kappa shape index (κ1) is 15.0. The molecule has 1 rings (SSSR count). The molecule has 2 amide bonds. The molecule has 5 nitrogen and oxygen atoms in total. The Morgan fingerprint density at radius 1 is 1.26 bits per heavy atom. The van der Waals surface area contributed by atoms with Crippen LogP contribution in [-0.4, -0.2) is 34.6 Å². The van der Waals surface area contributed by atoms with Gasteiger partial charge in [-0.15, -0.1) is 0 Å². The van der Waals surface area contributed by atoms with E-state index in [9.17, 15) is 14.7 Å². The molecule has 0 aliphatic carbocycles. The molecule has 0 unspecified atom stereocenters. The van der Waals surface area contributed by atoms with Crippen molar-refractivity contribution in [3.63, 3.8) is 0 Å². The molecule has 1 aromatic rings. The smallest absolute Gasteiger partial charge is 0.330 e. The lowest BCUT2D eigenvalue weighted by atomic mass is 10.1. The summed E-state index contributed by atoms with van der Waals surface area (Å²) in [7, 11) is 0. The number of carbonyl (C=O) groups is 2. The molecule has 2 N–H and O–H groups in total. The quantitative estimate of drug-likeness (QED) is 0.857. The summed E-state index contributed by atoms with van der Waals surface area (Å²) in [6.07, 6.45) is 0. The minimum absolute atomic E-state index is 0.0234. The molecule has 0 fully saturated rings. The zero-order chi connectivity index (χ0) is 14.4. The number of carboxylic acid groups (broad SMARTS) is 1. The number of urea groups is 1. The van der Waals surface area contributed by atoms with Crippen LogP contribution in [0.25, 0.3) is 0 Å². The Kier molecular flexibility index (Phi) is 5.36. The van der Waals surface area contributed by atoms with Crippen molar-refractivity contribution < 1.29 is 14.7 Å². The van der Waals surface area contributed by atoms with Crippen molar-refractivity contribution in [1.29, 1.82) is 0 Å². The van der Waals surface area contributed by atoms with Gasteiger partial charge in [-0.1, -0.05) is 30.3 Å². The summed E-state index contributed by atoms with van der Waals surface area (Å²) in [5.74, 6) is -1.07. The van der Waals surface area contributed by atoms with Crippen molar-refractivity contribution in [2.75, 3.05) is 6.54 Å². The molecule has 0 radical (unpaired) electrons. The second-order valence-corrected chi connectivity index (χ2v) is 4.51. The number of benzene rings is 1. The molecule has 0 spiro atoms. The van der Waals surface area contributed by atoms with Gasteiger partial charge in [0.25, 0.3) is 0 Å². The topological polar surface area (TPSA) is 69.6 Å². The molecule has 0 aliphatic heterocycles. The van der Waals surface area contributed by atoms with E-state index in [1.54, 1.807) is 35.2 Å². The first-order valence-electron chi connectivity index (χ1n) is 6.32. The SMILES string of the molecule is CCN(C(=O)N[C@H](C(=O)O)c1ccccc1)C(C)C. The van der Waals surface area contributed by atoms with Crippen LogP contribution in [0.15, 0.2) is 30.3 Å². The number of amides is 2. The number of hydrogen-bond donors (Lipinski definition) is 2. The van der Waals surface area contributed by atoms with Gasteiger partial charge in [0.15, 0.2) is 6.04 Å². The van der Waals surface area contributed by atoms with Gasteiger partial charge in [-0.3, -0.25) is 0 Å². The van der Waals surface area contributed by atoms with Crippen LogP contribution in [0.3, 0.4) is 0 Å². The Morgan fingerprint density at radius 2 is 1.84 bits per heavy atom. The van der Waals surface area contributed by atoms with E-state index in [1.807, 2.05) is 20.8 Å². The van der Waals surface area contributed by atoms with Crippen LogP contribution >= 0.6 is 0 Å². The number of carbonyl (C=O) groups excluding carboxylic acids is 1. The van der Waals surface area contributed by atoms with E-state index in [1.165, 1.54) is 0 Å². The number of hydrogen-bond acceptors (Lipinski definition) is 2. The Labute approximate surface area is 113 Å². The summed E-state index contributed by atoms with van der Waals surface area (Å²) in [6.45, 7) is 6.17. The van der Waals surface area contributed by atoms with Crippen LogP contribution in [-0.2, 0) is 4.79 Å². The molecule has 1 atom stereocenters. The van der Waals surface area contributed by atoms with Crippen LogP contribution in [0.4, 0.5) is 4.79 Å². The molecule has 19 heavy (non-hydrogen) atoms. The average molecular weight is 264 g/mol. The largest absolute Gasteiger partial charge is 0.479 e. The van der Waals surface area contributed by atoms with Gasteiger partial charge in [-0.05, 0) is 26.3 Å². The maximum absolute atomic E-state index is 12.1. The predicted octanol–water partition coefficient (Wildman–Crippen LogP) is 2.25. The van der Waals surface area contributed by atoms with Crippen LogP contribution in [0.5, 0.6) is 0 Å². The van der Waals surface area contributed by atoms with Crippen LogP contribution in [0, 0.1) is 0 Å².